The second-order valence-corrected chi connectivity index (χ2v) is 16.1. The first-order valence-corrected chi connectivity index (χ1v) is 20.2. The molecule has 1 unspecified atom stereocenters. The summed E-state index contributed by atoms with van der Waals surface area (Å²) in [5.74, 6) is 0. The average Bonchev–Trinajstić information content (AvgIpc) is 3.47. The summed E-state index contributed by atoms with van der Waals surface area (Å²) in [6, 6.07) is 61.2. The van der Waals surface area contributed by atoms with Gasteiger partial charge >= 0.3 is 0 Å². The van der Waals surface area contributed by atoms with Crippen molar-refractivity contribution in [3.63, 3.8) is 0 Å². The largest absolute Gasteiger partial charge is 0.311 e. The second-order valence-electron chi connectivity index (χ2n) is 16.1. The minimum atomic E-state index is -0.0848. The fourth-order valence-electron chi connectivity index (χ4n) is 10.4. The normalized spacial score (nSPS) is 17.0. The van der Waals surface area contributed by atoms with Gasteiger partial charge in [0.25, 0.3) is 0 Å². The third kappa shape index (κ3) is 4.69. The Balaban J connectivity index is 1.24. The minimum Gasteiger partial charge on any atom is -0.311 e. The molecule has 0 saturated carbocycles. The molecule has 0 N–H and O–H groups in total. The monoisotopic (exact) mass is 725 g/mol. The van der Waals surface area contributed by atoms with E-state index in [-0.39, 0.29) is 5.41 Å². The Labute approximate surface area is 332 Å². The number of nitrogens with zero attached hydrogens (tertiary/aromatic N) is 1. The topological polar surface area (TPSA) is 4.93 Å². The van der Waals surface area contributed by atoms with Crippen molar-refractivity contribution in [3.05, 3.63) is 215 Å². The highest BCUT2D eigenvalue weighted by Crippen LogP contribution is 2.54. The van der Waals surface area contributed by atoms with Crippen molar-refractivity contribution in [1.29, 1.82) is 0 Å². The van der Waals surface area contributed by atoms with E-state index >= 15 is 0 Å². The van der Waals surface area contributed by atoms with Crippen LogP contribution in [0.2, 0.25) is 0 Å². The van der Waals surface area contributed by atoms with Crippen LogP contribution in [0.15, 0.2) is 188 Å². The number of benzene rings is 8. The molecule has 9 aromatic rings. The molecular weight excluding hydrogens is 687 g/mol. The highest BCUT2D eigenvalue weighted by atomic mass is 15.0. The number of hydrogen-bond acceptors (Lipinski definition) is 0. The van der Waals surface area contributed by atoms with Crippen molar-refractivity contribution >= 4 is 66.3 Å². The third-order valence-corrected chi connectivity index (χ3v) is 13.1. The first-order valence-electron chi connectivity index (χ1n) is 20.2. The Morgan fingerprint density at radius 3 is 2.23 bits per heavy atom. The summed E-state index contributed by atoms with van der Waals surface area (Å²) >= 11 is 0. The van der Waals surface area contributed by atoms with Gasteiger partial charge in [-0.1, -0.05) is 183 Å². The summed E-state index contributed by atoms with van der Waals surface area (Å²) in [4.78, 5) is 0. The Hall–Kier alpha value is -6.96. The molecule has 1 heterocycles. The molecule has 0 fully saturated rings. The Morgan fingerprint density at radius 2 is 1.32 bits per heavy atom. The molecule has 0 saturated heterocycles. The second kappa shape index (κ2) is 12.3. The fraction of sp³-hybridized carbons (Fsp3) is 0.0714. The van der Waals surface area contributed by atoms with Gasteiger partial charge < -0.3 is 4.57 Å². The highest BCUT2D eigenvalue weighted by Gasteiger charge is 2.39. The maximum absolute atomic E-state index is 2.64. The Kier molecular flexibility index (Phi) is 6.95. The number of rotatable bonds is 3. The van der Waals surface area contributed by atoms with Crippen molar-refractivity contribution in [2.45, 2.75) is 25.2 Å². The SMILES string of the molecule is CC12CC=CC=C1c1cc(-c3c4ccccc4cc4c5ccc6ccccc6c5n(C5=CC(c6ccccc6)=c6ccccc6=CC5)c34)ccc1-c1ccccc12. The summed E-state index contributed by atoms with van der Waals surface area (Å²) < 4.78 is 2.64. The zero-order valence-corrected chi connectivity index (χ0v) is 31.8. The standard InChI is InChI=1S/C56H39N/c1-56-32-14-13-25-52(56)49-34-40(28-30-45(49)46-23-11-12-24-51(46)56)53-43-21-9-7-19-39(43)33-50-47-31-27-38-18-6-10-22-44(38)54(47)57(55(50)53)41-29-26-37-17-5-8-20-42(37)48(35-41)36-15-3-2-4-16-36/h2-28,30-31,33-35H,29,32H2,1H3. The van der Waals surface area contributed by atoms with E-state index in [2.05, 4.69) is 206 Å². The van der Waals surface area contributed by atoms with E-state index in [0.717, 1.165) is 12.8 Å². The van der Waals surface area contributed by atoms with E-state index in [1.807, 2.05) is 0 Å². The van der Waals surface area contributed by atoms with Crippen molar-refractivity contribution in [2.24, 2.45) is 0 Å². The molecule has 8 aromatic carbocycles. The van der Waals surface area contributed by atoms with Crippen LogP contribution in [-0.4, -0.2) is 4.57 Å². The lowest BCUT2D eigenvalue weighted by molar-refractivity contribution is 0.618. The molecule has 0 spiro atoms. The quantitative estimate of drug-likeness (QED) is 0.171. The molecule has 1 heteroatoms. The van der Waals surface area contributed by atoms with E-state index in [1.165, 1.54) is 110 Å². The van der Waals surface area contributed by atoms with Crippen LogP contribution in [0.5, 0.6) is 0 Å². The summed E-state index contributed by atoms with van der Waals surface area (Å²) in [5, 5.41) is 10.1. The summed E-state index contributed by atoms with van der Waals surface area (Å²) in [6.45, 7) is 2.43. The lowest BCUT2D eigenvalue weighted by Gasteiger charge is -2.41. The van der Waals surface area contributed by atoms with Crippen molar-refractivity contribution < 1.29 is 0 Å². The maximum Gasteiger partial charge on any atom is 0.0623 e. The van der Waals surface area contributed by atoms with Gasteiger partial charge in [0.1, 0.15) is 0 Å². The van der Waals surface area contributed by atoms with Gasteiger partial charge in [0.15, 0.2) is 0 Å². The lowest BCUT2D eigenvalue weighted by atomic mass is 9.62. The molecule has 0 amide bonds. The highest BCUT2D eigenvalue weighted by molar-refractivity contribution is 6.26. The van der Waals surface area contributed by atoms with Crippen LogP contribution in [-0.2, 0) is 5.41 Å². The van der Waals surface area contributed by atoms with Crippen LogP contribution in [0.25, 0.3) is 88.5 Å². The number of aromatic nitrogens is 1. The molecular formula is C56H39N. The number of fused-ring (bicyclic) bond motifs is 13. The Morgan fingerprint density at radius 1 is 0.544 bits per heavy atom. The van der Waals surface area contributed by atoms with Crippen LogP contribution in [0.4, 0.5) is 0 Å². The molecule has 1 aromatic heterocycles. The van der Waals surface area contributed by atoms with Crippen molar-refractivity contribution in [1.82, 2.24) is 4.57 Å². The average molecular weight is 726 g/mol. The zero-order valence-electron chi connectivity index (χ0n) is 31.8. The van der Waals surface area contributed by atoms with E-state index in [4.69, 9.17) is 0 Å². The van der Waals surface area contributed by atoms with E-state index in [1.54, 1.807) is 0 Å². The van der Waals surface area contributed by atoms with E-state index in [9.17, 15) is 0 Å². The van der Waals surface area contributed by atoms with Crippen LogP contribution in [0.3, 0.4) is 0 Å². The molecule has 3 aliphatic carbocycles. The molecule has 1 atom stereocenters. The molecule has 0 bridgehead atoms. The van der Waals surface area contributed by atoms with Gasteiger partial charge in [0, 0.05) is 39.3 Å². The minimum absolute atomic E-state index is 0.0848. The molecule has 57 heavy (non-hydrogen) atoms. The van der Waals surface area contributed by atoms with Crippen LogP contribution in [0, 0.1) is 0 Å². The molecule has 1 nitrogen and oxygen atoms in total. The summed E-state index contributed by atoms with van der Waals surface area (Å²) in [5.41, 5.74) is 15.5. The molecule has 3 aliphatic rings. The van der Waals surface area contributed by atoms with Gasteiger partial charge in [-0.25, -0.2) is 0 Å². The van der Waals surface area contributed by atoms with Gasteiger partial charge in [-0.15, -0.1) is 0 Å². The van der Waals surface area contributed by atoms with Crippen molar-refractivity contribution in [3.8, 4) is 22.3 Å². The molecule has 0 radical (unpaired) electrons. The predicted molar refractivity (Wildman–Crippen MR) is 242 cm³/mol. The van der Waals surface area contributed by atoms with Crippen LogP contribution < -0.4 is 10.4 Å². The first-order chi connectivity index (χ1) is 28.2. The van der Waals surface area contributed by atoms with Crippen LogP contribution in [0.1, 0.15) is 36.5 Å². The van der Waals surface area contributed by atoms with Gasteiger partial charge in [-0.05, 0) is 95.8 Å². The molecule has 268 valence electrons. The summed E-state index contributed by atoms with van der Waals surface area (Å²) in [6.07, 6.45) is 13.7. The van der Waals surface area contributed by atoms with E-state index < -0.39 is 0 Å². The first kappa shape index (κ1) is 32.3. The Bertz CT molecular complexity index is 3410. The molecule has 0 aliphatic heterocycles. The number of hydrogen-bond donors (Lipinski definition) is 0. The lowest BCUT2D eigenvalue weighted by Crippen LogP contribution is -2.28. The number of allylic oxidation sites excluding steroid dienone is 6. The van der Waals surface area contributed by atoms with Crippen LogP contribution >= 0.6 is 0 Å². The van der Waals surface area contributed by atoms with Gasteiger partial charge in [0.2, 0.25) is 0 Å². The van der Waals surface area contributed by atoms with Gasteiger partial charge in [-0.3, -0.25) is 0 Å². The van der Waals surface area contributed by atoms with Gasteiger partial charge in [-0.2, -0.15) is 0 Å². The summed E-state index contributed by atoms with van der Waals surface area (Å²) in [7, 11) is 0. The smallest absolute Gasteiger partial charge is 0.0623 e. The van der Waals surface area contributed by atoms with Crippen molar-refractivity contribution in [2.75, 3.05) is 0 Å². The molecule has 12 rings (SSSR count). The fourth-order valence-corrected chi connectivity index (χ4v) is 10.4. The predicted octanol–water partition coefficient (Wildman–Crippen LogP) is 13.0. The third-order valence-electron chi connectivity index (χ3n) is 13.1. The van der Waals surface area contributed by atoms with Gasteiger partial charge in [0.05, 0.1) is 11.0 Å². The zero-order chi connectivity index (χ0) is 37.7. The van der Waals surface area contributed by atoms with E-state index in [0.29, 0.717) is 0 Å². The maximum atomic E-state index is 2.64.